The van der Waals surface area contributed by atoms with Crippen LogP contribution >= 0.6 is 0 Å². The van der Waals surface area contributed by atoms with E-state index in [-0.39, 0.29) is 18.7 Å². The van der Waals surface area contributed by atoms with Crippen molar-refractivity contribution in [2.45, 2.75) is 19.9 Å². The summed E-state index contributed by atoms with van der Waals surface area (Å²) in [6, 6.07) is 16.1. The molecule has 0 saturated carbocycles. The molecule has 0 bridgehead atoms. The van der Waals surface area contributed by atoms with Crippen LogP contribution in [0.2, 0.25) is 0 Å². The maximum absolute atomic E-state index is 12.3. The SMILES string of the molecule is CC(C)NC(=O)Nc1ccccc1C(=O)OCC=Cc1ccccc1. The Bertz CT molecular complexity index is 740. The average Bonchev–Trinajstić information content (AvgIpc) is 2.59. The molecule has 0 aromatic heterocycles. The minimum absolute atomic E-state index is 0.00207. The fourth-order valence-corrected chi connectivity index (χ4v) is 2.14. The van der Waals surface area contributed by atoms with Crippen molar-refractivity contribution >= 4 is 23.8 Å². The summed E-state index contributed by atoms with van der Waals surface area (Å²) in [6.45, 7) is 3.87. The first-order valence-corrected chi connectivity index (χ1v) is 8.11. The Morgan fingerprint density at radius 3 is 2.44 bits per heavy atom. The number of carbonyl (C=O) groups is 2. The Labute approximate surface area is 147 Å². The van der Waals surface area contributed by atoms with E-state index in [9.17, 15) is 9.59 Å². The minimum atomic E-state index is -0.488. The highest BCUT2D eigenvalue weighted by Gasteiger charge is 2.14. The molecule has 5 heteroatoms. The van der Waals surface area contributed by atoms with Crippen molar-refractivity contribution in [3.8, 4) is 0 Å². The van der Waals surface area contributed by atoms with Crippen molar-refractivity contribution in [2.24, 2.45) is 0 Å². The lowest BCUT2D eigenvalue weighted by Crippen LogP contribution is -2.34. The fourth-order valence-electron chi connectivity index (χ4n) is 2.14. The Kier molecular flexibility index (Phi) is 6.77. The number of esters is 1. The number of hydrogen-bond donors (Lipinski definition) is 2. The van der Waals surface area contributed by atoms with E-state index in [0.29, 0.717) is 11.3 Å². The van der Waals surface area contributed by atoms with E-state index in [1.165, 1.54) is 0 Å². The topological polar surface area (TPSA) is 67.4 Å². The molecule has 2 N–H and O–H groups in total. The zero-order valence-corrected chi connectivity index (χ0v) is 14.4. The lowest BCUT2D eigenvalue weighted by molar-refractivity contribution is 0.0551. The zero-order chi connectivity index (χ0) is 18.1. The second kappa shape index (κ2) is 9.27. The molecule has 130 valence electrons. The quantitative estimate of drug-likeness (QED) is 0.780. The van der Waals surface area contributed by atoms with Crippen LogP contribution in [-0.2, 0) is 4.74 Å². The molecule has 0 saturated heterocycles. The molecule has 2 amide bonds. The predicted molar refractivity (Wildman–Crippen MR) is 99.5 cm³/mol. The molecular formula is C20H22N2O3. The van der Waals surface area contributed by atoms with Gasteiger partial charge in [-0.25, -0.2) is 9.59 Å². The van der Waals surface area contributed by atoms with Gasteiger partial charge in [0.25, 0.3) is 0 Å². The molecule has 0 unspecified atom stereocenters. The maximum atomic E-state index is 12.3. The van der Waals surface area contributed by atoms with Gasteiger partial charge in [0.2, 0.25) is 0 Å². The van der Waals surface area contributed by atoms with E-state index in [2.05, 4.69) is 10.6 Å². The molecule has 2 rings (SSSR count). The van der Waals surface area contributed by atoms with Crippen molar-refractivity contribution in [3.63, 3.8) is 0 Å². The average molecular weight is 338 g/mol. The normalized spacial score (nSPS) is 10.7. The van der Waals surface area contributed by atoms with Gasteiger partial charge in [-0.15, -0.1) is 0 Å². The molecule has 0 heterocycles. The van der Waals surface area contributed by atoms with Crippen molar-refractivity contribution in [1.29, 1.82) is 0 Å². The van der Waals surface area contributed by atoms with E-state index < -0.39 is 5.97 Å². The van der Waals surface area contributed by atoms with Crippen LogP contribution in [0.25, 0.3) is 6.08 Å². The van der Waals surface area contributed by atoms with Gasteiger partial charge in [-0.2, -0.15) is 0 Å². The molecule has 0 fully saturated rings. The van der Waals surface area contributed by atoms with Crippen LogP contribution in [0.3, 0.4) is 0 Å². The highest BCUT2D eigenvalue weighted by atomic mass is 16.5. The highest BCUT2D eigenvalue weighted by Crippen LogP contribution is 2.16. The van der Waals surface area contributed by atoms with Crippen LogP contribution in [0.5, 0.6) is 0 Å². The van der Waals surface area contributed by atoms with Gasteiger partial charge < -0.3 is 15.4 Å². The van der Waals surface area contributed by atoms with Crippen LogP contribution in [0.1, 0.15) is 29.8 Å². The second-order valence-corrected chi connectivity index (χ2v) is 5.71. The van der Waals surface area contributed by atoms with Crippen molar-refractivity contribution in [3.05, 3.63) is 71.8 Å². The van der Waals surface area contributed by atoms with Crippen molar-refractivity contribution in [2.75, 3.05) is 11.9 Å². The molecule has 0 aliphatic carbocycles. The monoisotopic (exact) mass is 338 g/mol. The summed E-state index contributed by atoms with van der Waals surface area (Å²) in [4.78, 5) is 24.1. The van der Waals surface area contributed by atoms with Crippen LogP contribution in [0.4, 0.5) is 10.5 Å². The Hall–Kier alpha value is -3.08. The number of anilines is 1. The van der Waals surface area contributed by atoms with Gasteiger partial charge in [-0.05, 0) is 37.6 Å². The number of amides is 2. The van der Waals surface area contributed by atoms with Gasteiger partial charge in [0.05, 0.1) is 11.3 Å². The molecule has 0 radical (unpaired) electrons. The number of nitrogens with one attached hydrogen (secondary N) is 2. The summed E-state index contributed by atoms with van der Waals surface area (Å²) in [5, 5.41) is 5.38. The van der Waals surface area contributed by atoms with Gasteiger partial charge in [-0.3, -0.25) is 0 Å². The second-order valence-electron chi connectivity index (χ2n) is 5.71. The van der Waals surface area contributed by atoms with E-state index >= 15 is 0 Å². The zero-order valence-electron chi connectivity index (χ0n) is 14.4. The number of carbonyl (C=O) groups excluding carboxylic acids is 2. The highest BCUT2D eigenvalue weighted by molar-refractivity contribution is 6.00. The lowest BCUT2D eigenvalue weighted by Gasteiger charge is -2.12. The van der Waals surface area contributed by atoms with Crippen molar-refractivity contribution in [1.82, 2.24) is 5.32 Å². The molecule has 25 heavy (non-hydrogen) atoms. The van der Waals surface area contributed by atoms with E-state index in [1.807, 2.05) is 50.3 Å². The van der Waals surface area contributed by atoms with Gasteiger partial charge in [0.1, 0.15) is 6.61 Å². The maximum Gasteiger partial charge on any atom is 0.340 e. The first-order valence-electron chi connectivity index (χ1n) is 8.11. The standard InChI is InChI=1S/C20H22N2O3/c1-15(2)21-20(24)22-18-13-7-6-12-17(18)19(23)25-14-8-11-16-9-4-3-5-10-16/h3-13,15H,14H2,1-2H3,(H2,21,22,24). The predicted octanol–water partition coefficient (Wildman–Crippen LogP) is 4.09. The third-order valence-corrected chi connectivity index (χ3v) is 3.24. The number of urea groups is 1. The fraction of sp³-hybridized carbons (Fsp3) is 0.200. The Balaban J connectivity index is 1.95. The van der Waals surface area contributed by atoms with Crippen LogP contribution in [0, 0.1) is 0 Å². The molecule has 0 aliphatic heterocycles. The van der Waals surface area contributed by atoms with Gasteiger partial charge in [0.15, 0.2) is 0 Å². The number of rotatable bonds is 6. The summed E-state index contributed by atoms with van der Waals surface area (Å²) in [7, 11) is 0. The summed E-state index contributed by atoms with van der Waals surface area (Å²) >= 11 is 0. The van der Waals surface area contributed by atoms with Crippen LogP contribution < -0.4 is 10.6 Å². The third kappa shape index (κ3) is 6.14. The van der Waals surface area contributed by atoms with E-state index in [4.69, 9.17) is 4.74 Å². The van der Waals surface area contributed by atoms with Crippen LogP contribution in [-0.4, -0.2) is 24.6 Å². The number of hydrogen-bond acceptors (Lipinski definition) is 3. The molecule has 2 aromatic rings. The minimum Gasteiger partial charge on any atom is -0.458 e. The third-order valence-electron chi connectivity index (χ3n) is 3.24. The van der Waals surface area contributed by atoms with Gasteiger partial charge in [-0.1, -0.05) is 48.5 Å². The molecule has 0 atom stereocenters. The molecular weight excluding hydrogens is 316 g/mol. The Morgan fingerprint density at radius 2 is 1.72 bits per heavy atom. The first kappa shape index (κ1) is 18.3. The molecule has 5 nitrogen and oxygen atoms in total. The summed E-state index contributed by atoms with van der Waals surface area (Å²) in [6.07, 6.45) is 3.66. The molecule has 0 spiro atoms. The van der Waals surface area contributed by atoms with Crippen molar-refractivity contribution < 1.29 is 14.3 Å². The van der Waals surface area contributed by atoms with E-state index in [0.717, 1.165) is 5.56 Å². The van der Waals surface area contributed by atoms with Crippen LogP contribution in [0.15, 0.2) is 60.7 Å². The summed E-state index contributed by atoms with van der Waals surface area (Å²) < 4.78 is 5.26. The first-order chi connectivity index (χ1) is 12.1. The molecule has 0 aliphatic rings. The summed E-state index contributed by atoms with van der Waals surface area (Å²) in [5.41, 5.74) is 1.76. The lowest BCUT2D eigenvalue weighted by atomic mass is 10.2. The van der Waals surface area contributed by atoms with Gasteiger partial charge in [0, 0.05) is 6.04 Å². The number of benzene rings is 2. The molecule has 2 aromatic carbocycles. The smallest absolute Gasteiger partial charge is 0.340 e. The number of para-hydroxylation sites is 1. The van der Waals surface area contributed by atoms with E-state index in [1.54, 1.807) is 30.3 Å². The number of ether oxygens (including phenoxy) is 1. The summed E-state index contributed by atoms with van der Waals surface area (Å²) in [5.74, 6) is -0.488. The largest absolute Gasteiger partial charge is 0.458 e. The van der Waals surface area contributed by atoms with Gasteiger partial charge >= 0.3 is 12.0 Å². The Morgan fingerprint density at radius 1 is 1.04 bits per heavy atom.